The van der Waals surface area contributed by atoms with E-state index in [4.69, 9.17) is 16.3 Å². The fourth-order valence-corrected chi connectivity index (χ4v) is 3.73. The number of halogens is 3. The third-order valence-corrected chi connectivity index (χ3v) is 5.18. The third-order valence-electron chi connectivity index (χ3n) is 4.94. The maximum absolute atomic E-state index is 12.4. The molecular weight excluding hydrogens is 397 g/mol. The monoisotopic (exact) mass is 423 g/mol. The Morgan fingerprint density at radius 1 is 1.27 bits per heavy atom. The van der Waals surface area contributed by atoms with Crippen molar-refractivity contribution in [3.05, 3.63) is 28.8 Å². The van der Waals surface area contributed by atoms with Crippen LogP contribution in [0.15, 0.2) is 18.2 Å². The van der Waals surface area contributed by atoms with E-state index >= 15 is 0 Å². The van der Waals surface area contributed by atoms with Gasteiger partial charge in [-0.15, -0.1) is 24.8 Å². The van der Waals surface area contributed by atoms with Crippen LogP contribution in [0.1, 0.15) is 24.8 Å². The van der Waals surface area contributed by atoms with Gasteiger partial charge in [0.05, 0.1) is 7.11 Å². The lowest BCUT2D eigenvalue weighted by molar-refractivity contribution is -0.133. The second-order valence-electron chi connectivity index (χ2n) is 6.61. The van der Waals surface area contributed by atoms with Crippen LogP contribution in [-0.2, 0) is 11.3 Å². The minimum absolute atomic E-state index is 0. The second kappa shape index (κ2) is 11.2. The van der Waals surface area contributed by atoms with Crippen molar-refractivity contribution in [2.24, 2.45) is 0 Å². The van der Waals surface area contributed by atoms with Crippen LogP contribution in [0.25, 0.3) is 0 Å². The van der Waals surface area contributed by atoms with Gasteiger partial charge in [0.25, 0.3) is 0 Å². The van der Waals surface area contributed by atoms with Crippen LogP contribution >= 0.6 is 36.4 Å². The van der Waals surface area contributed by atoms with Crippen LogP contribution in [0.3, 0.4) is 0 Å². The van der Waals surface area contributed by atoms with Crippen LogP contribution in [-0.4, -0.2) is 61.6 Å². The summed E-state index contributed by atoms with van der Waals surface area (Å²) in [5, 5.41) is 4.13. The van der Waals surface area contributed by atoms with Crippen molar-refractivity contribution in [2.75, 3.05) is 39.8 Å². The number of benzene rings is 1. The summed E-state index contributed by atoms with van der Waals surface area (Å²) in [6, 6.07) is 6.10. The summed E-state index contributed by atoms with van der Waals surface area (Å²) in [4.78, 5) is 16.8. The largest absolute Gasteiger partial charge is 0.496 e. The predicted octanol–water partition coefficient (Wildman–Crippen LogP) is 2.98. The summed E-state index contributed by atoms with van der Waals surface area (Å²) >= 11 is 6.10. The number of carbonyl (C=O) groups excluding carboxylic acids is 1. The molecule has 1 atom stereocenters. The maximum atomic E-state index is 12.4. The maximum Gasteiger partial charge on any atom is 0.224 e. The van der Waals surface area contributed by atoms with Crippen LogP contribution in [0, 0.1) is 0 Å². The van der Waals surface area contributed by atoms with Gasteiger partial charge in [-0.2, -0.15) is 0 Å². The molecule has 1 amide bonds. The highest BCUT2D eigenvalue weighted by molar-refractivity contribution is 6.30. The molecule has 1 N–H and O–H groups in total. The van der Waals surface area contributed by atoms with Gasteiger partial charge in [-0.3, -0.25) is 9.69 Å². The quantitative estimate of drug-likeness (QED) is 0.789. The molecular formula is C18H28Cl3N3O2. The molecule has 148 valence electrons. The number of hydrogen-bond acceptors (Lipinski definition) is 4. The zero-order valence-electron chi connectivity index (χ0n) is 15.1. The highest BCUT2D eigenvalue weighted by Gasteiger charge is 2.25. The molecule has 2 fully saturated rings. The number of nitrogens with one attached hydrogen (secondary N) is 1. The summed E-state index contributed by atoms with van der Waals surface area (Å²) in [5.74, 6) is 1.15. The van der Waals surface area contributed by atoms with Crippen LogP contribution < -0.4 is 10.1 Å². The number of ether oxygens (including phenoxy) is 1. The number of piperazine rings is 1. The number of rotatable bonds is 5. The van der Waals surface area contributed by atoms with Gasteiger partial charge < -0.3 is 15.0 Å². The Morgan fingerprint density at radius 3 is 2.62 bits per heavy atom. The Balaban J connectivity index is 0.00000169. The molecule has 0 aliphatic carbocycles. The Bertz CT molecular complexity index is 575. The molecule has 1 unspecified atom stereocenters. The van der Waals surface area contributed by atoms with Crippen molar-refractivity contribution in [2.45, 2.75) is 31.8 Å². The third kappa shape index (κ3) is 6.17. The van der Waals surface area contributed by atoms with Crippen LogP contribution in [0.4, 0.5) is 0 Å². The molecule has 1 aromatic rings. The van der Waals surface area contributed by atoms with Crippen molar-refractivity contribution in [1.82, 2.24) is 15.1 Å². The Labute approximate surface area is 173 Å². The predicted molar refractivity (Wildman–Crippen MR) is 110 cm³/mol. The highest BCUT2D eigenvalue weighted by Crippen LogP contribution is 2.24. The zero-order chi connectivity index (χ0) is 16.9. The van der Waals surface area contributed by atoms with Gasteiger partial charge in [-0.05, 0) is 37.6 Å². The van der Waals surface area contributed by atoms with Crippen LogP contribution in [0.5, 0.6) is 5.75 Å². The average Bonchev–Trinajstić information content (AvgIpc) is 3.09. The van der Waals surface area contributed by atoms with Gasteiger partial charge in [0.2, 0.25) is 5.91 Å². The molecule has 0 radical (unpaired) electrons. The zero-order valence-corrected chi connectivity index (χ0v) is 17.5. The summed E-state index contributed by atoms with van der Waals surface area (Å²) in [6.45, 7) is 5.23. The first-order valence-electron chi connectivity index (χ1n) is 8.71. The van der Waals surface area contributed by atoms with Gasteiger partial charge in [0.15, 0.2) is 0 Å². The lowest BCUT2D eigenvalue weighted by Crippen LogP contribution is -2.49. The van der Waals surface area contributed by atoms with Gasteiger partial charge in [-0.1, -0.05) is 11.6 Å². The molecule has 2 heterocycles. The lowest BCUT2D eigenvalue weighted by Gasteiger charge is -2.35. The minimum Gasteiger partial charge on any atom is -0.496 e. The molecule has 8 heteroatoms. The van der Waals surface area contributed by atoms with Crippen molar-refractivity contribution in [3.8, 4) is 5.75 Å². The van der Waals surface area contributed by atoms with Crippen molar-refractivity contribution >= 4 is 42.3 Å². The molecule has 0 aromatic heterocycles. The van der Waals surface area contributed by atoms with E-state index in [9.17, 15) is 4.79 Å². The van der Waals surface area contributed by atoms with Gasteiger partial charge in [-0.25, -0.2) is 0 Å². The fraction of sp³-hybridized carbons (Fsp3) is 0.611. The molecule has 0 spiro atoms. The lowest BCUT2D eigenvalue weighted by atomic mass is 10.1. The van der Waals surface area contributed by atoms with Crippen molar-refractivity contribution in [3.63, 3.8) is 0 Å². The summed E-state index contributed by atoms with van der Waals surface area (Å²) in [7, 11) is 1.68. The number of nitrogens with zero attached hydrogens (tertiary/aromatic N) is 2. The Morgan fingerprint density at radius 2 is 2.00 bits per heavy atom. The van der Waals surface area contributed by atoms with Gasteiger partial charge >= 0.3 is 0 Å². The van der Waals surface area contributed by atoms with E-state index in [0.29, 0.717) is 12.5 Å². The number of methoxy groups -OCH3 is 1. The summed E-state index contributed by atoms with van der Waals surface area (Å²) < 4.78 is 5.42. The van der Waals surface area contributed by atoms with Crippen molar-refractivity contribution in [1.29, 1.82) is 0 Å². The van der Waals surface area contributed by atoms with E-state index in [1.54, 1.807) is 7.11 Å². The van der Waals surface area contributed by atoms with E-state index in [2.05, 4.69) is 10.2 Å². The molecule has 0 saturated carbocycles. The first-order chi connectivity index (χ1) is 11.7. The molecule has 1 aromatic carbocycles. The highest BCUT2D eigenvalue weighted by atomic mass is 35.5. The molecule has 5 nitrogen and oxygen atoms in total. The van der Waals surface area contributed by atoms with E-state index in [1.165, 1.54) is 6.42 Å². The molecule has 26 heavy (non-hydrogen) atoms. The molecule has 0 bridgehead atoms. The standard InChI is InChI=1S/C18H26ClN3O2.2ClH/c1-24-17-5-4-15(19)11-14(17)13-21-7-9-22(10-8-21)18(23)12-16-3-2-6-20-16;;/h4-5,11,16,20H,2-3,6-10,12-13H2,1H3;2*1H. The molecule has 2 aliphatic heterocycles. The molecule has 3 rings (SSSR count). The van der Waals surface area contributed by atoms with Crippen LogP contribution in [0.2, 0.25) is 5.02 Å². The number of hydrogen-bond donors (Lipinski definition) is 1. The smallest absolute Gasteiger partial charge is 0.224 e. The first-order valence-corrected chi connectivity index (χ1v) is 9.09. The Hall–Kier alpha value is -0.720. The topological polar surface area (TPSA) is 44.8 Å². The summed E-state index contributed by atoms with van der Waals surface area (Å²) in [5.41, 5.74) is 1.10. The van der Waals surface area contributed by atoms with Gasteiger partial charge in [0.1, 0.15) is 5.75 Å². The number of amides is 1. The average molecular weight is 425 g/mol. The number of carbonyl (C=O) groups is 1. The summed E-state index contributed by atoms with van der Waals surface area (Å²) in [6.07, 6.45) is 2.95. The normalized spacial score (nSPS) is 20.2. The minimum atomic E-state index is 0. The van der Waals surface area contributed by atoms with E-state index in [0.717, 1.165) is 62.0 Å². The van der Waals surface area contributed by atoms with Gasteiger partial charge in [0, 0.05) is 55.8 Å². The molecule has 2 saturated heterocycles. The van der Waals surface area contributed by atoms with E-state index in [1.807, 2.05) is 23.1 Å². The molecule has 2 aliphatic rings. The van der Waals surface area contributed by atoms with E-state index in [-0.39, 0.29) is 30.7 Å². The Kier molecular flexibility index (Phi) is 10.0. The van der Waals surface area contributed by atoms with Crippen molar-refractivity contribution < 1.29 is 9.53 Å². The second-order valence-corrected chi connectivity index (χ2v) is 7.05. The van der Waals surface area contributed by atoms with E-state index < -0.39 is 0 Å². The SMILES string of the molecule is COc1ccc(Cl)cc1CN1CCN(C(=O)CC2CCCN2)CC1.Cl.Cl. The fourth-order valence-electron chi connectivity index (χ4n) is 3.54. The first kappa shape index (κ1) is 23.3.